The monoisotopic (exact) mass is 296 g/mol. The Labute approximate surface area is 130 Å². The second-order valence-corrected chi connectivity index (χ2v) is 6.60. The van der Waals surface area contributed by atoms with Crippen molar-refractivity contribution in [3.63, 3.8) is 0 Å². The van der Waals surface area contributed by atoms with Gasteiger partial charge in [0.1, 0.15) is 12.7 Å². The van der Waals surface area contributed by atoms with Crippen molar-refractivity contribution in [1.29, 1.82) is 0 Å². The standard InChI is InChI=1S/C17H20N4O/c22-16(20-10-9-17(11-20)7-1-2-8-17)14-3-5-15(6-4-14)21-12-18-19-13-21/h3-6,12-13H,1-2,7-11H2. The van der Waals surface area contributed by atoms with Gasteiger partial charge in [-0.2, -0.15) is 0 Å². The van der Waals surface area contributed by atoms with E-state index >= 15 is 0 Å². The van der Waals surface area contributed by atoms with Gasteiger partial charge in [-0.15, -0.1) is 10.2 Å². The lowest BCUT2D eigenvalue weighted by Crippen LogP contribution is -2.31. The number of benzene rings is 1. The number of carbonyl (C=O) groups excluding carboxylic acids is 1. The summed E-state index contributed by atoms with van der Waals surface area (Å²) in [5.74, 6) is 0.166. The minimum atomic E-state index is 0.166. The fraction of sp³-hybridized carbons (Fsp3) is 0.471. The quantitative estimate of drug-likeness (QED) is 0.856. The largest absolute Gasteiger partial charge is 0.338 e. The zero-order valence-electron chi connectivity index (χ0n) is 12.6. The van der Waals surface area contributed by atoms with Gasteiger partial charge < -0.3 is 4.90 Å². The highest BCUT2D eigenvalue weighted by atomic mass is 16.2. The Morgan fingerprint density at radius 1 is 1.00 bits per heavy atom. The zero-order chi connectivity index (χ0) is 15.0. The van der Waals surface area contributed by atoms with E-state index < -0.39 is 0 Å². The lowest BCUT2D eigenvalue weighted by Gasteiger charge is -2.23. The number of rotatable bonds is 2. The van der Waals surface area contributed by atoms with Crippen LogP contribution in [0, 0.1) is 5.41 Å². The molecule has 2 heterocycles. The van der Waals surface area contributed by atoms with E-state index in [-0.39, 0.29) is 5.91 Å². The van der Waals surface area contributed by atoms with Gasteiger partial charge in [0.05, 0.1) is 0 Å². The highest BCUT2D eigenvalue weighted by molar-refractivity contribution is 5.94. The molecule has 1 amide bonds. The van der Waals surface area contributed by atoms with E-state index in [1.807, 2.05) is 33.7 Å². The van der Waals surface area contributed by atoms with Crippen LogP contribution in [-0.2, 0) is 0 Å². The summed E-state index contributed by atoms with van der Waals surface area (Å²) in [6, 6.07) is 7.69. The first-order chi connectivity index (χ1) is 10.8. The number of likely N-dealkylation sites (tertiary alicyclic amines) is 1. The van der Waals surface area contributed by atoms with Gasteiger partial charge in [0.15, 0.2) is 0 Å². The van der Waals surface area contributed by atoms with Gasteiger partial charge in [-0.3, -0.25) is 9.36 Å². The van der Waals surface area contributed by atoms with Gasteiger partial charge in [0.25, 0.3) is 5.91 Å². The Morgan fingerprint density at radius 2 is 1.68 bits per heavy atom. The molecule has 2 aromatic rings. The van der Waals surface area contributed by atoms with E-state index in [9.17, 15) is 4.79 Å². The molecule has 0 radical (unpaired) electrons. The topological polar surface area (TPSA) is 51.0 Å². The van der Waals surface area contributed by atoms with E-state index in [0.717, 1.165) is 24.3 Å². The third-order valence-corrected chi connectivity index (χ3v) is 5.22. The van der Waals surface area contributed by atoms with E-state index in [1.165, 1.54) is 32.1 Å². The number of hydrogen-bond acceptors (Lipinski definition) is 3. The summed E-state index contributed by atoms with van der Waals surface area (Å²) in [5.41, 5.74) is 2.17. The zero-order valence-corrected chi connectivity index (χ0v) is 12.6. The number of aromatic nitrogens is 3. The molecule has 0 atom stereocenters. The summed E-state index contributed by atoms with van der Waals surface area (Å²) < 4.78 is 1.83. The molecule has 5 nitrogen and oxygen atoms in total. The molecule has 0 bridgehead atoms. The van der Waals surface area contributed by atoms with Crippen molar-refractivity contribution in [2.24, 2.45) is 5.41 Å². The Morgan fingerprint density at radius 3 is 2.36 bits per heavy atom. The van der Waals surface area contributed by atoms with Crippen molar-refractivity contribution < 1.29 is 4.79 Å². The van der Waals surface area contributed by atoms with Crippen LogP contribution in [0.15, 0.2) is 36.9 Å². The van der Waals surface area contributed by atoms with Crippen LogP contribution in [0.3, 0.4) is 0 Å². The third-order valence-electron chi connectivity index (χ3n) is 5.22. The lowest BCUT2D eigenvalue weighted by molar-refractivity contribution is 0.0773. The molecule has 4 rings (SSSR count). The highest BCUT2D eigenvalue weighted by Crippen LogP contribution is 2.45. The molecule has 1 aromatic heterocycles. The minimum Gasteiger partial charge on any atom is -0.338 e. The fourth-order valence-corrected chi connectivity index (χ4v) is 3.93. The minimum absolute atomic E-state index is 0.166. The number of nitrogens with zero attached hydrogens (tertiary/aromatic N) is 4. The Hall–Kier alpha value is -2.17. The Bertz CT molecular complexity index is 656. The van der Waals surface area contributed by atoms with Crippen LogP contribution in [0.4, 0.5) is 0 Å². The molecule has 1 aromatic carbocycles. The van der Waals surface area contributed by atoms with Crippen LogP contribution >= 0.6 is 0 Å². The lowest BCUT2D eigenvalue weighted by atomic mass is 9.86. The molecule has 0 unspecified atom stereocenters. The summed E-state index contributed by atoms with van der Waals surface area (Å²) in [6.45, 7) is 1.85. The maximum Gasteiger partial charge on any atom is 0.253 e. The van der Waals surface area contributed by atoms with E-state index in [4.69, 9.17) is 0 Å². The molecule has 0 N–H and O–H groups in total. The normalized spacial score (nSPS) is 19.9. The number of carbonyl (C=O) groups is 1. The van der Waals surface area contributed by atoms with Crippen molar-refractivity contribution in [3.05, 3.63) is 42.5 Å². The van der Waals surface area contributed by atoms with Crippen LogP contribution < -0.4 is 0 Å². The SMILES string of the molecule is O=C(c1ccc(-n2cnnc2)cc1)N1CCC2(CCCC2)C1. The van der Waals surface area contributed by atoms with E-state index in [0.29, 0.717) is 5.41 Å². The van der Waals surface area contributed by atoms with Crippen LogP contribution in [0.1, 0.15) is 42.5 Å². The molecular formula is C17H20N4O. The molecule has 1 aliphatic carbocycles. The molecule has 5 heteroatoms. The van der Waals surface area contributed by atoms with Gasteiger partial charge in [-0.25, -0.2) is 0 Å². The Kier molecular flexibility index (Phi) is 3.21. The van der Waals surface area contributed by atoms with Gasteiger partial charge in [-0.1, -0.05) is 12.8 Å². The molecule has 1 aliphatic heterocycles. The van der Waals surface area contributed by atoms with Gasteiger partial charge in [-0.05, 0) is 48.9 Å². The predicted molar refractivity (Wildman–Crippen MR) is 82.8 cm³/mol. The smallest absolute Gasteiger partial charge is 0.253 e. The first-order valence-electron chi connectivity index (χ1n) is 8.00. The highest BCUT2D eigenvalue weighted by Gasteiger charge is 2.41. The summed E-state index contributed by atoms with van der Waals surface area (Å²) in [7, 11) is 0. The van der Waals surface area contributed by atoms with Crippen LogP contribution in [0.2, 0.25) is 0 Å². The van der Waals surface area contributed by atoms with Crippen LogP contribution in [0.5, 0.6) is 0 Å². The maximum atomic E-state index is 12.7. The van der Waals surface area contributed by atoms with Gasteiger partial charge in [0, 0.05) is 24.3 Å². The predicted octanol–water partition coefficient (Wildman–Crippen LogP) is 2.67. The average molecular weight is 296 g/mol. The van der Waals surface area contributed by atoms with Crippen molar-refractivity contribution in [2.75, 3.05) is 13.1 Å². The van der Waals surface area contributed by atoms with Crippen molar-refractivity contribution >= 4 is 5.91 Å². The molecule has 114 valence electrons. The molecule has 2 fully saturated rings. The van der Waals surface area contributed by atoms with Crippen molar-refractivity contribution in [2.45, 2.75) is 32.1 Å². The van der Waals surface area contributed by atoms with Gasteiger partial charge in [0.2, 0.25) is 0 Å². The first-order valence-corrected chi connectivity index (χ1v) is 8.00. The molecule has 1 spiro atoms. The molecule has 22 heavy (non-hydrogen) atoms. The summed E-state index contributed by atoms with van der Waals surface area (Å²) in [5, 5.41) is 7.60. The van der Waals surface area contributed by atoms with Crippen molar-refractivity contribution in [1.82, 2.24) is 19.7 Å². The van der Waals surface area contributed by atoms with Gasteiger partial charge >= 0.3 is 0 Å². The average Bonchev–Trinajstić information content (AvgIpc) is 3.30. The van der Waals surface area contributed by atoms with E-state index in [2.05, 4.69) is 10.2 Å². The third kappa shape index (κ3) is 2.30. The van der Waals surface area contributed by atoms with Crippen LogP contribution in [-0.4, -0.2) is 38.7 Å². The fourth-order valence-electron chi connectivity index (χ4n) is 3.93. The second kappa shape index (κ2) is 5.23. The maximum absolute atomic E-state index is 12.7. The first kappa shape index (κ1) is 13.5. The number of amides is 1. The van der Waals surface area contributed by atoms with Crippen molar-refractivity contribution in [3.8, 4) is 5.69 Å². The molecule has 2 aliphatic rings. The van der Waals surface area contributed by atoms with Crippen LogP contribution in [0.25, 0.3) is 5.69 Å². The molecule has 1 saturated carbocycles. The summed E-state index contributed by atoms with van der Waals surface area (Å²) >= 11 is 0. The van der Waals surface area contributed by atoms with E-state index in [1.54, 1.807) is 12.7 Å². The molecule has 1 saturated heterocycles. The summed E-state index contributed by atoms with van der Waals surface area (Å²) in [6.07, 6.45) is 9.73. The Balaban J connectivity index is 1.49. The summed E-state index contributed by atoms with van der Waals surface area (Å²) in [4.78, 5) is 14.7. The number of hydrogen-bond donors (Lipinski definition) is 0. The molecular weight excluding hydrogens is 276 g/mol. The second-order valence-electron chi connectivity index (χ2n) is 6.60.